The van der Waals surface area contributed by atoms with Crippen molar-refractivity contribution in [2.45, 2.75) is 6.61 Å². The van der Waals surface area contributed by atoms with Gasteiger partial charge in [0.05, 0.1) is 11.0 Å². The molecule has 124 valence electrons. The molecule has 0 saturated heterocycles. The number of fused-ring (bicyclic) bond motifs is 1. The number of aromatic amines is 1. The first-order valence-corrected chi connectivity index (χ1v) is 8.19. The SMILES string of the molecule is Fc1cc(-c2nc3ccccc3[nH]2)ccc1OCc1ccccc1Cl. The topological polar surface area (TPSA) is 37.9 Å². The number of hydrogen-bond acceptors (Lipinski definition) is 2. The maximum absolute atomic E-state index is 14.4. The Morgan fingerprint density at radius 1 is 1.00 bits per heavy atom. The Labute approximate surface area is 149 Å². The van der Waals surface area contributed by atoms with Crippen LogP contribution in [-0.2, 0) is 6.61 Å². The van der Waals surface area contributed by atoms with Crippen molar-refractivity contribution in [3.05, 3.63) is 83.1 Å². The first kappa shape index (κ1) is 15.7. The Bertz CT molecular complexity index is 1010. The molecule has 0 bridgehead atoms. The molecule has 0 saturated carbocycles. The zero-order valence-corrected chi connectivity index (χ0v) is 13.9. The third-order valence-electron chi connectivity index (χ3n) is 3.94. The van der Waals surface area contributed by atoms with Gasteiger partial charge >= 0.3 is 0 Å². The number of nitrogens with one attached hydrogen (secondary N) is 1. The number of halogens is 2. The lowest BCUT2D eigenvalue weighted by Crippen LogP contribution is -1.98. The highest BCUT2D eigenvalue weighted by Crippen LogP contribution is 2.27. The molecule has 0 aliphatic carbocycles. The minimum absolute atomic E-state index is 0.180. The third-order valence-corrected chi connectivity index (χ3v) is 4.30. The minimum atomic E-state index is -0.440. The van der Waals surface area contributed by atoms with E-state index in [0.717, 1.165) is 16.6 Å². The Balaban J connectivity index is 1.57. The number of benzene rings is 3. The van der Waals surface area contributed by atoms with E-state index in [1.54, 1.807) is 18.2 Å². The summed E-state index contributed by atoms with van der Waals surface area (Å²) >= 11 is 6.09. The molecule has 0 spiro atoms. The number of H-pyrrole nitrogens is 1. The van der Waals surface area contributed by atoms with Gasteiger partial charge in [-0.2, -0.15) is 0 Å². The molecule has 0 atom stereocenters. The number of hydrogen-bond donors (Lipinski definition) is 1. The average molecular weight is 353 g/mol. The second kappa shape index (κ2) is 6.57. The van der Waals surface area contributed by atoms with Crippen LogP contribution in [0.5, 0.6) is 5.75 Å². The third kappa shape index (κ3) is 3.21. The van der Waals surface area contributed by atoms with Gasteiger partial charge in [0.25, 0.3) is 0 Å². The Morgan fingerprint density at radius 3 is 2.60 bits per heavy atom. The predicted octanol–water partition coefficient (Wildman–Crippen LogP) is 5.60. The second-order valence-electron chi connectivity index (χ2n) is 5.63. The van der Waals surface area contributed by atoms with Gasteiger partial charge < -0.3 is 9.72 Å². The van der Waals surface area contributed by atoms with Gasteiger partial charge in [-0.05, 0) is 36.4 Å². The number of rotatable bonds is 4. The maximum atomic E-state index is 14.4. The van der Waals surface area contributed by atoms with Crippen LogP contribution < -0.4 is 4.74 Å². The molecule has 5 heteroatoms. The van der Waals surface area contributed by atoms with Crippen LogP contribution in [0.15, 0.2) is 66.7 Å². The Kier molecular flexibility index (Phi) is 4.12. The van der Waals surface area contributed by atoms with E-state index in [0.29, 0.717) is 16.4 Å². The summed E-state index contributed by atoms with van der Waals surface area (Å²) in [5.41, 5.74) is 3.23. The lowest BCUT2D eigenvalue weighted by atomic mass is 10.2. The molecular weight excluding hydrogens is 339 g/mol. The van der Waals surface area contributed by atoms with Crippen molar-refractivity contribution in [1.29, 1.82) is 0 Å². The van der Waals surface area contributed by atoms with Crippen LogP contribution in [0.3, 0.4) is 0 Å². The molecule has 25 heavy (non-hydrogen) atoms. The summed E-state index contributed by atoms with van der Waals surface area (Å²) in [5, 5.41) is 0.599. The lowest BCUT2D eigenvalue weighted by molar-refractivity contribution is 0.290. The number of ether oxygens (including phenoxy) is 1. The van der Waals surface area contributed by atoms with Crippen molar-refractivity contribution in [2.24, 2.45) is 0 Å². The molecule has 4 aromatic rings. The molecule has 1 heterocycles. The van der Waals surface area contributed by atoms with Crippen molar-refractivity contribution in [2.75, 3.05) is 0 Å². The fourth-order valence-corrected chi connectivity index (χ4v) is 2.82. The molecule has 0 aliphatic heterocycles. The average Bonchev–Trinajstić information content (AvgIpc) is 3.06. The fraction of sp³-hybridized carbons (Fsp3) is 0.0500. The summed E-state index contributed by atoms with van der Waals surface area (Å²) in [5.74, 6) is 0.363. The van der Waals surface area contributed by atoms with E-state index in [9.17, 15) is 4.39 Å². The summed E-state index contributed by atoms with van der Waals surface area (Å²) in [6.07, 6.45) is 0. The van der Waals surface area contributed by atoms with Crippen LogP contribution in [0.4, 0.5) is 4.39 Å². The molecule has 3 aromatic carbocycles. The quantitative estimate of drug-likeness (QED) is 0.519. The van der Waals surface area contributed by atoms with E-state index in [-0.39, 0.29) is 12.4 Å². The van der Waals surface area contributed by atoms with Crippen LogP contribution in [0.25, 0.3) is 22.4 Å². The smallest absolute Gasteiger partial charge is 0.165 e. The van der Waals surface area contributed by atoms with Gasteiger partial charge in [0.15, 0.2) is 11.6 Å². The van der Waals surface area contributed by atoms with E-state index in [2.05, 4.69) is 9.97 Å². The van der Waals surface area contributed by atoms with Crippen molar-refractivity contribution in [1.82, 2.24) is 9.97 Å². The van der Waals surface area contributed by atoms with Gasteiger partial charge in [-0.1, -0.05) is 41.9 Å². The van der Waals surface area contributed by atoms with Gasteiger partial charge in [-0.15, -0.1) is 0 Å². The van der Waals surface area contributed by atoms with Crippen LogP contribution in [-0.4, -0.2) is 9.97 Å². The van der Waals surface area contributed by atoms with Gasteiger partial charge in [0.1, 0.15) is 12.4 Å². The fourth-order valence-electron chi connectivity index (χ4n) is 2.63. The van der Waals surface area contributed by atoms with E-state index in [1.165, 1.54) is 6.07 Å². The summed E-state index contributed by atoms with van der Waals surface area (Å²) in [4.78, 5) is 7.67. The standard InChI is InChI=1S/C20H14ClFN2O/c21-15-6-2-1-5-14(15)12-25-19-10-9-13(11-16(19)22)20-23-17-7-3-4-8-18(17)24-20/h1-11H,12H2,(H,23,24). The van der Waals surface area contributed by atoms with Crippen LogP contribution in [0, 0.1) is 5.82 Å². The van der Waals surface area contributed by atoms with Crippen LogP contribution in [0.2, 0.25) is 5.02 Å². The summed E-state index contributed by atoms with van der Waals surface area (Å²) in [6.45, 7) is 0.209. The number of nitrogens with zero attached hydrogens (tertiary/aromatic N) is 1. The van der Waals surface area contributed by atoms with Crippen LogP contribution in [0.1, 0.15) is 5.56 Å². The molecule has 4 rings (SSSR count). The highest BCUT2D eigenvalue weighted by atomic mass is 35.5. The number of para-hydroxylation sites is 2. The molecule has 1 aromatic heterocycles. The molecule has 0 amide bonds. The lowest BCUT2D eigenvalue weighted by Gasteiger charge is -2.09. The monoisotopic (exact) mass is 352 g/mol. The van der Waals surface area contributed by atoms with Crippen LogP contribution >= 0.6 is 11.6 Å². The first-order chi connectivity index (χ1) is 12.2. The molecule has 3 nitrogen and oxygen atoms in total. The zero-order chi connectivity index (χ0) is 17.2. The van der Waals surface area contributed by atoms with Gasteiger partial charge in [-0.25, -0.2) is 9.37 Å². The molecular formula is C20H14ClFN2O. The summed E-state index contributed by atoms with van der Waals surface area (Å²) in [6, 6.07) is 19.8. The molecule has 1 N–H and O–H groups in total. The molecule has 0 radical (unpaired) electrons. The van der Waals surface area contributed by atoms with Gasteiger partial charge in [0, 0.05) is 16.1 Å². The normalized spacial score (nSPS) is 11.0. The van der Waals surface area contributed by atoms with Crippen molar-refractivity contribution in [3.63, 3.8) is 0 Å². The van der Waals surface area contributed by atoms with Crippen molar-refractivity contribution >= 4 is 22.6 Å². The predicted molar refractivity (Wildman–Crippen MR) is 97.3 cm³/mol. The number of imidazole rings is 1. The Hall–Kier alpha value is -2.85. The van der Waals surface area contributed by atoms with Gasteiger partial charge in [-0.3, -0.25) is 0 Å². The summed E-state index contributed by atoms with van der Waals surface area (Å²) < 4.78 is 20.0. The second-order valence-corrected chi connectivity index (χ2v) is 6.04. The van der Waals surface area contributed by atoms with Gasteiger partial charge in [0.2, 0.25) is 0 Å². The van der Waals surface area contributed by atoms with E-state index in [4.69, 9.17) is 16.3 Å². The largest absolute Gasteiger partial charge is 0.486 e. The van der Waals surface area contributed by atoms with Crippen molar-refractivity contribution < 1.29 is 9.13 Å². The minimum Gasteiger partial charge on any atom is -0.486 e. The summed E-state index contributed by atoms with van der Waals surface area (Å²) in [7, 11) is 0. The number of aromatic nitrogens is 2. The van der Waals surface area contributed by atoms with E-state index < -0.39 is 5.82 Å². The van der Waals surface area contributed by atoms with E-state index in [1.807, 2.05) is 42.5 Å². The van der Waals surface area contributed by atoms with E-state index >= 15 is 0 Å². The zero-order valence-electron chi connectivity index (χ0n) is 13.2. The highest BCUT2D eigenvalue weighted by molar-refractivity contribution is 6.31. The maximum Gasteiger partial charge on any atom is 0.165 e. The van der Waals surface area contributed by atoms with Crippen molar-refractivity contribution in [3.8, 4) is 17.1 Å². The molecule has 0 unspecified atom stereocenters. The molecule has 0 aliphatic rings. The highest BCUT2D eigenvalue weighted by Gasteiger charge is 2.10. The molecule has 0 fully saturated rings. The first-order valence-electron chi connectivity index (χ1n) is 7.81. The Morgan fingerprint density at radius 2 is 1.80 bits per heavy atom.